The molecule has 0 saturated heterocycles. The summed E-state index contributed by atoms with van der Waals surface area (Å²) >= 11 is 20.4. The Balaban J connectivity index is 4.76. The number of rotatable bonds is 2. The average molecular weight is 266 g/mol. The van der Waals surface area contributed by atoms with Crippen LogP contribution in [-0.2, 0) is 9.05 Å². The van der Waals surface area contributed by atoms with Gasteiger partial charge in [0.05, 0.1) is 0 Å². The average Bonchev–Trinajstić information content (AvgIpc) is 1.62. The number of halogens is 5. The van der Waals surface area contributed by atoms with Gasteiger partial charge in [-0.3, -0.25) is 0 Å². The van der Waals surface area contributed by atoms with Crippen molar-refractivity contribution < 1.29 is 8.42 Å². The summed E-state index contributed by atoms with van der Waals surface area (Å²) in [7, 11) is 0.597. The minimum absolute atomic E-state index is 1.49. The highest BCUT2D eigenvalue weighted by atomic mass is 35.7. The first-order chi connectivity index (χ1) is 4.19. The SMILES string of the molecule is O=S(=O)(Cl)C(Cl)(Cl)C(Cl)Cl. The van der Waals surface area contributed by atoms with Gasteiger partial charge in [-0.05, 0) is 0 Å². The highest BCUT2D eigenvalue weighted by molar-refractivity contribution is 8.16. The molecule has 2 nitrogen and oxygen atoms in total. The Bertz CT molecular complexity index is 206. The second-order valence-corrected chi connectivity index (χ2v) is 6.97. The Morgan fingerprint density at radius 1 is 1.20 bits per heavy atom. The van der Waals surface area contributed by atoms with Crippen molar-refractivity contribution in [1.29, 1.82) is 0 Å². The summed E-state index contributed by atoms with van der Waals surface area (Å²) in [4.78, 5) is -1.49. The minimum Gasteiger partial charge on any atom is -0.209 e. The maximum Gasteiger partial charge on any atom is 0.269 e. The van der Waals surface area contributed by atoms with Crippen molar-refractivity contribution in [2.75, 3.05) is 0 Å². The lowest BCUT2D eigenvalue weighted by molar-refractivity contribution is 0.604. The van der Waals surface area contributed by atoms with E-state index in [2.05, 4.69) is 0 Å². The van der Waals surface area contributed by atoms with Gasteiger partial charge in [0.15, 0.2) is 4.84 Å². The molecular weight excluding hydrogens is 265 g/mol. The highest BCUT2D eigenvalue weighted by Gasteiger charge is 2.45. The van der Waals surface area contributed by atoms with E-state index in [1.807, 2.05) is 0 Å². The van der Waals surface area contributed by atoms with Crippen molar-refractivity contribution in [2.24, 2.45) is 0 Å². The van der Waals surface area contributed by atoms with E-state index >= 15 is 0 Å². The molecule has 0 radical (unpaired) electrons. The zero-order chi connectivity index (χ0) is 8.58. The van der Waals surface area contributed by atoms with Crippen LogP contribution in [0.15, 0.2) is 0 Å². The summed E-state index contributed by atoms with van der Waals surface area (Å²) in [5.74, 6) is 0. The Morgan fingerprint density at radius 3 is 1.50 bits per heavy atom. The molecule has 0 atom stereocenters. The summed E-state index contributed by atoms with van der Waals surface area (Å²) < 4.78 is 18.5. The second-order valence-electron chi connectivity index (χ2n) is 1.30. The minimum atomic E-state index is -4.16. The third-order valence-corrected chi connectivity index (χ3v) is 5.68. The van der Waals surface area contributed by atoms with Gasteiger partial charge in [0, 0.05) is 10.7 Å². The van der Waals surface area contributed by atoms with E-state index in [-0.39, 0.29) is 0 Å². The standard InChI is InChI=1S/C2HCl5O2S/c3-1(4)2(5,6)10(7,8)9/h1H. The topological polar surface area (TPSA) is 34.1 Å². The van der Waals surface area contributed by atoms with Crippen LogP contribution in [0.5, 0.6) is 0 Å². The summed E-state index contributed by atoms with van der Waals surface area (Å²) in [5, 5.41) is 0. The van der Waals surface area contributed by atoms with E-state index in [0.29, 0.717) is 0 Å². The monoisotopic (exact) mass is 264 g/mol. The van der Waals surface area contributed by atoms with Crippen molar-refractivity contribution >= 4 is 66.1 Å². The Kier molecular flexibility index (Phi) is 3.89. The van der Waals surface area contributed by atoms with Crippen LogP contribution in [0.4, 0.5) is 0 Å². The van der Waals surface area contributed by atoms with Crippen LogP contribution in [0.2, 0.25) is 0 Å². The van der Waals surface area contributed by atoms with Gasteiger partial charge < -0.3 is 0 Å². The van der Waals surface area contributed by atoms with E-state index in [1.54, 1.807) is 0 Å². The van der Waals surface area contributed by atoms with Crippen LogP contribution < -0.4 is 0 Å². The molecule has 0 aliphatic rings. The highest BCUT2D eigenvalue weighted by Crippen LogP contribution is 2.39. The maximum atomic E-state index is 10.4. The van der Waals surface area contributed by atoms with Gasteiger partial charge in [0.2, 0.25) is 0 Å². The summed E-state index contributed by atoms with van der Waals surface area (Å²) in [5.41, 5.74) is 0. The molecule has 0 heterocycles. The molecule has 62 valence electrons. The zero-order valence-electron chi connectivity index (χ0n) is 4.19. The van der Waals surface area contributed by atoms with Gasteiger partial charge >= 0.3 is 0 Å². The number of hydrogen-bond acceptors (Lipinski definition) is 2. The molecule has 0 amide bonds. The fourth-order valence-electron chi connectivity index (χ4n) is 0.106. The van der Waals surface area contributed by atoms with Crippen LogP contribution in [0, 0.1) is 0 Å². The lowest BCUT2D eigenvalue weighted by Gasteiger charge is -2.15. The van der Waals surface area contributed by atoms with Crippen molar-refractivity contribution in [3.05, 3.63) is 0 Å². The Morgan fingerprint density at radius 2 is 1.50 bits per heavy atom. The fourth-order valence-corrected chi connectivity index (χ4v) is 1.56. The molecule has 0 aliphatic carbocycles. The van der Waals surface area contributed by atoms with Gasteiger partial charge in [-0.2, -0.15) is 0 Å². The quantitative estimate of drug-likeness (QED) is 0.568. The van der Waals surface area contributed by atoms with Crippen molar-refractivity contribution in [2.45, 2.75) is 8.50 Å². The summed E-state index contributed by atoms with van der Waals surface area (Å²) in [6.07, 6.45) is 0. The first-order valence-electron chi connectivity index (χ1n) is 1.79. The fraction of sp³-hybridized carbons (Fsp3) is 1.00. The molecule has 0 aromatic rings. The Hall–Kier alpha value is 1.40. The van der Waals surface area contributed by atoms with E-state index in [0.717, 1.165) is 0 Å². The lowest BCUT2D eigenvalue weighted by atomic mass is 10.9. The molecule has 0 aromatic heterocycles. The van der Waals surface area contributed by atoms with Crippen LogP contribution in [-0.4, -0.2) is 16.9 Å². The molecule has 0 saturated carbocycles. The number of hydrogen-bond donors (Lipinski definition) is 0. The molecule has 0 bridgehead atoms. The molecule has 8 heteroatoms. The van der Waals surface area contributed by atoms with Crippen molar-refractivity contribution in [3.63, 3.8) is 0 Å². The van der Waals surface area contributed by atoms with E-state index in [4.69, 9.17) is 57.1 Å². The van der Waals surface area contributed by atoms with Gasteiger partial charge in [-0.1, -0.05) is 23.2 Å². The summed E-state index contributed by atoms with van der Waals surface area (Å²) in [6, 6.07) is 0. The molecule has 0 unspecified atom stereocenters. The van der Waals surface area contributed by atoms with Crippen LogP contribution in [0.1, 0.15) is 0 Å². The predicted molar refractivity (Wildman–Crippen MR) is 44.7 cm³/mol. The predicted octanol–water partition coefficient (Wildman–Crippen LogP) is 2.49. The molecule has 10 heavy (non-hydrogen) atoms. The smallest absolute Gasteiger partial charge is 0.209 e. The number of alkyl halides is 4. The van der Waals surface area contributed by atoms with Crippen LogP contribution in [0.3, 0.4) is 0 Å². The first kappa shape index (κ1) is 11.4. The third kappa shape index (κ3) is 2.47. The second kappa shape index (κ2) is 3.42. The molecule has 0 spiro atoms. The van der Waals surface area contributed by atoms with Crippen LogP contribution in [0.25, 0.3) is 0 Å². The van der Waals surface area contributed by atoms with Gasteiger partial charge in [-0.25, -0.2) is 8.42 Å². The van der Waals surface area contributed by atoms with Gasteiger partial charge in [-0.15, -0.1) is 23.2 Å². The zero-order valence-corrected chi connectivity index (χ0v) is 8.79. The largest absolute Gasteiger partial charge is 0.269 e. The van der Waals surface area contributed by atoms with Crippen LogP contribution >= 0.6 is 57.1 Å². The van der Waals surface area contributed by atoms with Gasteiger partial charge in [0.1, 0.15) is 0 Å². The lowest BCUT2D eigenvalue weighted by Crippen LogP contribution is -2.28. The van der Waals surface area contributed by atoms with E-state index in [1.165, 1.54) is 0 Å². The Labute approximate surface area is 82.7 Å². The maximum absolute atomic E-state index is 10.4. The normalized spacial score (nSPS) is 14.2. The molecule has 0 aromatic carbocycles. The molecule has 0 aliphatic heterocycles. The van der Waals surface area contributed by atoms with Crippen molar-refractivity contribution in [3.8, 4) is 0 Å². The van der Waals surface area contributed by atoms with Crippen molar-refractivity contribution in [1.82, 2.24) is 0 Å². The molecule has 0 fully saturated rings. The molecule has 0 N–H and O–H groups in total. The summed E-state index contributed by atoms with van der Waals surface area (Å²) in [6.45, 7) is 0. The van der Waals surface area contributed by atoms with E-state index in [9.17, 15) is 8.42 Å². The van der Waals surface area contributed by atoms with E-state index < -0.39 is 17.6 Å². The first-order valence-corrected chi connectivity index (χ1v) is 5.73. The van der Waals surface area contributed by atoms with Gasteiger partial charge in [0.25, 0.3) is 12.7 Å². The molecule has 0 rings (SSSR count). The molecular formula is C2HCl5O2S. The third-order valence-electron chi connectivity index (χ3n) is 0.579.